The summed E-state index contributed by atoms with van der Waals surface area (Å²) >= 11 is 0. The van der Waals surface area contributed by atoms with E-state index in [4.69, 9.17) is 9.47 Å². The van der Waals surface area contributed by atoms with Crippen molar-refractivity contribution in [2.45, 2.75) is 20.4 Å². The van der Waals surface area contributed by atoms with Crippen LogP contribution in [-0.2, 0) is 16.1 Å². The zero-order chi connectivity index (χ0) is 22.9. The van der Waals surface area contributed by atoms with Crippen LogP contribution < -0.4 is 25.4 Å². The molecule has 0 aliphatic carbocycles. The number of amides is 2. The fourth-order valence-electron chi connectivity index (χ4n) is 3.00. The van der Waals surface area contributed by atoms with E-state index in [2.05, 4.69) is 16.0 Å². The molecule has 32 heavy (non-hydrogen) atoms. The lowest BCUT2D eigenvalue weighted by Gasteiger charge is -2.13. The Labute approximate surface area is 187 Å². The molecule has 7 nitrogen and oxygen atoms in total. The molecule has 0 fully saturated rings. The lowest BCUT2D eigenvalue weighted by molar-refractivity contribution is -0.118. The molecule has 0 radical (unpaired) electrons. The van der Waals surface area contributed by atoms with Gasteiger partial charge in [0.2, 0.25) is 5.91 Å². The van der Waals surface area contributed by atoms with Crippen molar-refractivity contribution in [2.24, 2.45) is 0 Å². The van der Waals surface area contributed by atoms with Gasteiger partial charge < -0.3 is 25.4 Å². The van der Waals surface area contributed by atoms with Crippen LogP contribution in [0.5, 0.6) is 11.5 Å². The van der Waals surface area contributed by atoms with Crippen LogP contribution in [0.15, 0.2) is 66.7 Å². The molecule has 0 aliphatic rings. The smallest absolute Gasteiger partial charge is 0.262 e. The van der Waals surface area contributed by atoms with Crippen molar-refractivity contribution in [3.8, 4) is 11.5 Å². The number of carbonyl (C=O) groups is 2. The van der Waals surface area contributed by atoms with E-state index < -0.39 is 0 Å². The van der Waals surface area contributed by atoms with E-state index in [1.165, 1.54) is 6.92 Å². The largest absolute Gasteiger partial charge is 0.493 e. The molecule has 3 aromatic rings. The summed E-state index contributed by atoms with van der Waals surface area (Å²) in [6.07, 6.45) is 0. The Kier molecular flexibility index (Phi) is 7.70. The van der Waals surface area contributed by atoms with Crippen LogP contribution in [0, 0.1) is 6.92 Å². The number of aryl methyl sites for hydroxylation is 1. The SMILES string of the molecule is COc1cc(CNc2ccc(NC(C)=O)cc2)ccc1OCC(=O)Nc1ccc(C)cc1. The average Bonchev–Trinajstić information content (AvgIpc) is 2.78. The standard InChI is InChI=1S/C25H27N3O4/c1-17-4-7-22(8-5-17)28-25(30)16-32-23-13-6-19(14-24(23)31-3)15-26-20-9-11-21(12-10-20)27-18(2)29/h4-14,26H,15-16H2,1-3H3,(H,27,29)(H,28,30). The van der Waals surface area contributed by atoms with E-state index in [1.54, 1.807) is 13.2 Å². The summed E-state index contributed by atoms with van der Waals surface area (Å²) in [5.41, 5.74) is 4.51. The molecular weight excluding hydrogens is 406 g/mol. The van der Waals surface area contributed by atoms with Gasteiger partial charge in [0.15, 0.2) is 18.1 Å². The van der Waals surface area contributed by atoms with Gasteiger partial charge in [-0.25, -0.2) is 0 Å². The number of nitrogens with one attached hydrogen (secondary N) is 3. The van der Waals surface area contributed by atoms with Gasteiger partial charge in [-0.1, -0.05) is 23.8 Å². The van der Waals surface area contributed by atoms with E-state index in [9.17, 15) is 9.59 Å². The Bertz CT molecular complexity index is 1060. The lowest BCUT2D eigenvalue weighted by Crippen LogP contribution is -2.20. The van der Waals surface area contributed by atoms with Gasteiger partial charge in [0.1, 0.15) is 0 Å². The maximum Gasteiger partial charge on any atom is 0.262 e. The fourth-order valence-corrected chi connectivity index (χ4v) is 3.00. The van der Waals surface area contributed by atoms with Gasteiger partial charge in [-0.05, 0) is 61.0 Å². The van der Waals surface area contributed by atoms with Gasteiger partial charge in [-0.2, -0.15) is 0 Å². The summed E-state index contributed by atoms with van der Waals surface area (Å²) in [6, 6.07) is 20.6. The van der Waals surface area contributed by atoms with E-state index in [0.29, 0.717) is 18.0 Å². The molecule has 3 rings (SSSR count). The molecule has 0 heterocycles. The second kappa shape index (κ2) is 10.9. The molecular formula is C25H27N3O4. The van der Waals surface area contributed by atoms with Crippen molar-refractivity contribution < 1.29 is 19.1 Å². The highest BCUT2D eigenvalue weighted by Gasteiger charge is 2.09. The molecule has 0 atom stereocenters. The predicted octanol–water partition coefficient (Wildman–Crippen LogP) is 4.59. The van der Waals surface area contributed by atoms with Crippen LogP contribution in [0.1, 0.15) is 18.1 Å². The summed E-state index contributed by atoms with van der Waals surface area (Å²) in [5, 5.41) is 8.86. The summed E-state index contributed by atoms with van der Waals surface area (Å²) in [4.78, 5) is 23.3. The minimum absolute atomic E-state index is 0.104. The van der Waals surface area contributed by atoms with Crippen LogP contribution in [0.2, 0.25) is 0 Å². The third-order valence-corrected chi connectivity index (χ3v) is 4.62. The van der Waals surface area contributed by atoms with Crippen molar-refractivity contribution >= 4 is 28.9 Å². The van der Waals surface area contributed by atoms with Crippen LogP contribution >= 0.6 is 0 Å². The second-order valence-corrected chi connectivity index (χ2v) is 7.30. The quantitative estimate of drug-likeness (QED) is 0.459. The Balaban J connectivity index is 1.54. The third kappa shape index (κ3) is 6.77. The zero-order valence-electron chi connectivity index (χ0n) is 18.4. The monoisotopic (exact) mass is 433 g/mol. The Morgan fingerprint density at radius 1 is 0.812 bits per heavy atom. The number of anilines is 3. The van der Waals surface area contributed by atoms with Crippen LogP contribution in [0.4, 0.5) is 17.1 Å². The van der Waals surface area contributed by atoms with Crippen molar-refractivity contribution in [1.29, 1.82) is 0 Å². The number of benzene rings is 3. The molecule has 0 saturated heterocycles. The number of methoxy groups -OCH3 is 1. The van der Waals surface area contributed by atoms with Crippen LogP contribution in [0.3, 0.4) is 0 Å². The lowest BCUT2D eigenvalue weighted by atomic mass is 10.2. The molecule has 0 saturated carbocycles. The molecule has 7 heteroatoms. The first kappa shape index (κ1) is 22.7. The first-order valence-corrected chi connectivity index (χ1v) is 10.2. The molecule has 166 valence electrons. The minimum atomic E-state index is -0.246. The van der Waals surface area contributed by atoms with Crippen molar-refractivity contribution in [2.75, 3.05) is 29.7 Å². The number of hydrogen-bond acceptors (Lipinski definition) is 5. The summed E-state index contributed by atoms with van der Waals surface area (Å²) < 4.78 is 11.1. The maximum atomic E-state index is 12.2. The summed E-state index contributed by atoms with van der Waals surface area (Å²) in [7, 11) is 1.56. The van der Waals surface area contributed by atoms with Gasteiger partial charge in [0, 0.05) is 30.5 Å². The molecule has 0 bridgehead atoms. The Morgan fingerprint density at radius 3 is 2.09 bits per heavy atom. The van der Waals surface area contributed by atoms with E-state index in [-0.39, 0.29) is 18.4 Å². The molecule has 0 aromatic heterocycles. The number of carbonyl (C=O) groups excluding carboxylic acids is 2. The van der Waals surface area contributed by atoms with E-state index in [1.807, 2.05) is 67.6 Å². The molecule has 0 aliphatic heterocycles. The minimum Gasteiger partial charge on any atom is -0.493 e. The number of rotatable bonds is 9. The predicted molar refractivity (Wildman–Crippen MR) is 126 cm³/mol. The van der Waals surface area contributed by atoms with E-state index in [0.717, 1.165) is 28.2 Å². The third-order valence-electron chi connectivity index (χ3n) is 4.62. The van der Waals surface area contributed by atoms with Gasteiger partial charge in [-0.15, -0.1) is 0 Å². The van der Waals surface area contributed by atoms with Gasteiger partial charge in [-0.3, -0.25) is 9.59 Å². The van der Waals surface area contributed by atoms with Gasteiger partial charge in [0.25, 0.3) is 5.91 Å². The van der Waals surface area contributed by atoms with Crippen molar-refractivity contribution in [3.05, 3.63) is 77.9 Å². The molecule has 3 aromatic carbocycles. The maximum absolute atomic E-state index is 12.2. The molecule has 2 amide bonds. The number of ether oxygens (including phenoxy) is 2. The number of hydrogen-bond donors (Lipinski definition) is 3. The van der Waals surface area contributed by atoms with Crippen LogP contribution in [-0.4, -0.2) is 25.5 Å². The van der Waals surface area contributed by atoms with Crippen molar-refractivity contribution in [1.82, 2.24) is 0 Å². The topological polar surface area (TPSA) is 88.7 Å². The Morgan fingerprint density at radius 2 is 1.44 bits per heavy atom. The first-order valence-electron chi connectivity index (χ1n) is 10.2. The van der Waals surface area contributed by atoms with Gasteiger partial charge in [0.05, 0.1) is 7.11 Å². The first-order chi connectivity index (χ1) is 15.4. The highest BCUT2D eigenvalue weighted by atomic mass is 16.5. The Hall–Kier alpha value is -4.00. The zero-order valence-corrected chi connectivity index (χ0v) is 18.4. The highest BCUT2D eigenvalue weighted by Crippen LogP contribution is 2.28. The molecule has 3 N–H and O–H groups in total. The molecule has 0 spiro atoms. The summed E-state index contributed by atoms with van der Waals surface area (Å²) in [5.74, 6) is 0.695. The fraction of sp³-hybridized carbons (Fsp3) is 0.200. The summed E-state index contributed by atoms with van der Waals surface area (Å²) in [6.45, 7) is 3.92. The van der Waals surface area contributed by atoms with E-state index >= 15 is 0 Å². The second-order valence-electron chi connectivity index (χ2n) is 7.30. The van der Waals surface area contributed by atoms with Crippen LogP contribution in [0.25, 0.3) is 0 Å². The molecule has 0 unspecified atom stereocenters. The van der Waals surface area contributed by atoms with Crippen molar-refractivity contribution in [3.63, 3.8) is 0 Å². The van der Waals surface area contributed by atoms with Gasteiger partial charge >= 0.3 is 0 Å². The normalized spacial score (nSPS) is 10.2. The highest BCUT2D eigenvalue weighted by molar-refractivity contribution is 5.92. The average molecular weight is 434 g/mol.